The highest BCUT2D eigenvalue weighted by atomic mass is 33.1. The zero-order valence-corrected chi connectivity index (χ0v) is 5.76. The van der Waals surface area contributed by atoms with Gasteiger partial charge in [0.15, 0.2) is 0 Å². The molecule has 1 aliphatic rings. The number of allylic oxidation sites excluding steroid dienone is 3. The largest absolute Gasteiger partial charge is 0.114 e. The molecule has 1 heterocycles. The van der Waals surface area contributed by atoms with Gasteiger partial charge in [-0.05, 0) is 22.3 Å². The van der Waals surface area contributed by atoms with Crippen LogP contribution in [0.25, 0.3) is 0 Å². The van der Waals surface area contributed by atoms with Gasteiger partial charge in [0.2, 0.25) is 0 Å². The molecule has 1 aliphatic heterocycles. The Morgan fingerprint density at radius 3 is 2.88 bits per heavy atom. The van der Waals surface area contributed by atoms with E-state index in [0.717, 1.165) is 4.91 Å². The van der Waals surface area contributed by atoms with E-state index in [-0.39, 0.29) is 0 Å². The van der Waals surface area contributed by atoms with Gasteiger partial charge in [-0.25, -0.2) is 0 Å². The molecule has 0 aromatic rings. The Kier molecular flexibility index (Phi) is 2.13. The van der Waals surface area contributed by atoms with E-state index in [0.29, 0.717) is 0 Å². The van der Waals surface area contributed by atoms with Crippen molar-refractivity contribution in [1.29, 1.82) is 0 Å². The second kappa shape index (κ2) is 2.91. The SMILES string of the molecule is C#CC1=CC=CSS1. The van der Waals surface area contributed by atoms with E-state index in [1.165, 1.54) is 0 Å². The van der Waals surface area contributed by atoms with Crippen molar-refractivity contribution in [3.8, 4) is 12.3 Å². The molecule has 0 aromatic heterocycles. The maximum absolute atomic E-state index is 5.12. The van der Waals surface area contributed by atoms with Gasteiger partial charge in [-0.15, -0.1) is 6.42 Å². The number of terminal acetylenes is 1. The van der Waals surface area contributed by atoms with Crippen molar-refractivity contribution in [2.24, 2.45) is 0 Å². The summed E-state index contributed by atoms with van der Waals surface area (Å²) in [6.45, 7) is 0. The Bertz CT molecular complexity index is 171. The molecule has 0 fully saturated rings. The second-order valence-corrected chi connectivity index (χ2v) is 3.33. The fourth-order valence-corrected chi connectivity index (χ4v) is 1.80. The molecule has 0 saturated heterocycles. The van der Waals surface area contributed by atoms with Crippen molar-refractivity contribution in [3.63, 3.8) is 0 Å². The molecule has 0 unspecified atom stereocenters. The van der Waals surface area contributed by atoms with Gasteiger partial charge in [-0.3, -0.25) is 0 Å². The van der Waals surface area contributed by atoms with Gasteiger partial charge >= 0.3 is 0 Å². The molecule has 0 saturated carbocycles. The van der Waals surface area contributed by atoms with E-state index in [4.69, 9.17) is 6.42 Å². The van der Waals surface area contributed by atoms with Crippen LogP contribution in [0.15, 0.2) is 22.5 Å². The molecular formula is C6H4S2. The summed E-state index contributed by atoms with van der Waals surface area (Å²) < 4.78 is 0. The van der Waals surface area contributed by atoms with Gasteiger partial charge in [0.05, 0.1) is 4.91 Å². The van der Waals surface area contributed by atoms with E-state index in [9.17, 15) is 0 Å². The summed E-state index contributed by atoms with van der Waals surface area (Å²) in [5.41, 5.74) is 0. The number of hydrogen-bond acceptors (Lipinski definition) is 2. The number of rotatable bonds is 0. The van der Waals surface area contributed by atoms with E-state index in [1.807, 2.05) is 17.6 Å². The Labute approximate surface area is 56.8 Å². The highest BCUT2D eigenvalue weighted by molar-refractivity contribution is 8.79. The van der Waals surface area contributed by atoms with E-state index in [2.05, 4.69) is 5.92 Å². The zero-order valence-electron chi connectivity index (χ0n) is 4.13. The molecule has 0 nitrogen and oxygen atoms in total. The lowest BCUT2D eigenvalue weighted by atomic mass is 10.5. The average molecular weight is 140 g/mol. The standard InChI is InChI=1S/C6H4S2/c1-2-6-4-3-5-7-8-6/h1,3-5H. The van der Waals surface area contributed by atoms with E-state index >= 15 is 0 Å². The highest BCUT2D eigenvalue weighted by Gasteiger charge is 1.93. The molecule has 0 radical (unpaired) electrons. The lowest BCUT2D eigenvalue weighted by Gasteiger charge is -1.96. The maximum atomic E-state index is 5.12. The van der Waals surface area contributed by atoms with Gasteiger partial charge in [0.1, 0.15) is 0 Å². The van der Waals surface area contributed by atoms with Gasteiger partial charge in [-0.1, -0.05) is 22.8 Å². The molecule has 40 valence electrons. The summed E-state index contributed by atoms with van der Waals surface area (Å²) in [6.07, 6.45) is 9.00. The van der Waals surface area contributed by atoms with Gasteiger partial charge in [0, 0.05) is 0 Å². The highest BCUT2D eigenvalue weighted by Crippen LogP contribution is 2.33. The van der Waals surface area contributed by atoms with Crippen molar-refractivity contribution in [1.82, 2.24) is 0 Å². The average Bonchev–Trinajstić information content (AvgIpc) is 1.90. The van der Waals surface area contributed by atoms with Crippen LogP contribution in [0.1, 0.15) is 0 Å². The second-order valence-electron chi connectivity index (χ2n) is 1.18. The molecule has 0 amide bonds. The summed E-state index contributed by atoms with van der Waals surface area (Å²) in [7, 11) is 3.27. The Morgan fingerprint density at radius 1 is 1.62 bits per heavy atom. The molecule has 0 spiro atoms. The smallest absolute Gasteiger partial charge is 0.0682 e. The van der Waals surface area contributed by atoms with Crippen LogP contribution in [-0.2, 0) is 0 Å². The minimum Gasteiger partial charge on any atom is -0.114 e. The minimum atomic E-state index is 0.998. The summed E-state index contributed by atoms with van der Waals surface area (Å²) in [5.74, 6) is 2.56. The van der Waals surface area contributed by atoms with Crippen LogP contribution in [0.3, 0.4) is 0 Å². The Balaban J connectivity index is 2.67. The Hall–Kier alpha value is -0.260. The topological polar surface area (TPSA) is 0 Å². The quantitative estimate of drug-likeness (QED) is 0.374. The van der Waals surface area contributed by atoms with Crippen LogP contribution in [0.5, 0.6) is 0 Å². The lowest BCUT2D eigenvalue weighted by molar-refractivity contribution is 1.98. The number of hydrogen-bond donors (Lipinski definition) is 0. The van der Waals surface area contributed by atoms with Crippen LogP contribution in [-0.4, -0.2) is 0 Å². The van der Waals surface area contributed by atoms with Crippen LogP contribution in [0.4, 0.5) is 0 Å². The van der Waals surface area contributed by atoms with Crippen LogP contribution in [0.2, 0.25) is 0 Å². The molecule has 1 rings (SSSR count). The monoisotopic (exact) mass is 140 g/mol. The molecule has 0 aromatic carbocycles. The molecule has 0 atom stereocenters. The third-order valence-electron chi connectivity index (χ3n) is 0.662. The van der Waals surface area contributed by atoms with Crippen LogP contribution < -0.4 is 0 Å². The Morgan fingerprint density at radius 2 is 2.50 bits per heavy atom. The predicted octanol–water partition coefficient (Wildman–Crippen LogP) is 2.41. The summed E-state index contributed by atoms with van der Waals surface area (Å²) >= 11 is 0. The maximum Gasteiger partial charge on any atom is 0.0682 e. The summed E-state index contributed by atoms with van der Waals surface area (Å²) in [6, 6.07) is 0. The summed E-state index contributed by atoms with van der Waals surface area (Å²) in [4.78, 5) is 0.998. The minimum absolute atomic E-state index is 0.998. The third-order valence-corrected chi connectivity index (χ3v) is 2.62. The fraction of sp³-hybridized carbons (Fsp3) is 0. The van der Waals surface area contributed by atoms with E-state index in [1.54, 1.807) is 21.6 Å². The predicted molar refractivity (Wildman–Crippen MR) is 41.2 cm³/mol. The van der Waals surface area contributed by atoms with Gasteiger partial charge in [-0.2, -0.15) is 0 Å². The lowest BCUT2D eigenvalue weighted by Crippen LogP contribution is -1.67. The third kappa shape index (κ3) is 1.36. The first kappa shape index (κ1) is 5.87. The van der Waals surface area contributed by atoms with Gasteiger partial charge < -0.3 is 0 Å². The van der Waals surface area contributed by atoms with Gasteiger partial charge in [0.25, 0.3) is 0 Å². The summed E-state index contributed by atoms with van der Waals surface area (Å²) in [5, 5.41) is 2.01. The molecule has 0 bridgehead atoms. The normalized spacial score (nSPS) is 17.1. The molecule has 0 N–H and O–H groups in total. The van der Waals surface area contributed by atoms with Crippen molar-refractivity contribution in [2.45, 2.75) is 0 Å². The van der Waals surface area contributed by atoms with E-state index < -0.39 is 0 Å². The van der Waals surface area contributed by atoms with Crippen molar-refractivity contribution in [3.05, 3.63) is 22.5 Å². The zero-order chi connectivity index (χ0) is 5.82. The van der Waals surface area contributed by atoms with Crippen LogP contribution in [0, 0.1) is 12.3 Å². The van der Waals surface area contributed by atoms with Crippen molar-refractivity contribution >= 4 is 21.6 Å². The van der Waals surface area contributed by atoms with Crippen LogP contribution >= 0.6 is 21.6 Å². The first-order valence-corrected chi connectivity index (χ1v) is 4.31. The van der Waals surface area contributed by atoms with Crippen molar-refractivity contribution in [2.75, 3.05) is 0 Å². The first-order valence-electron chi connectivity index (χ1n) is 2.10. The fourth-order valence-electron chi connectivity index (χ4n) is 0.338. The molecule has 0 aliphatic carbocycles. The molecule has 8 heavy (non-hydrogen) atoms. The van der Waals surface area contributed by atoms with Crippen molar-refractivity contribution < 1.29 is 0 Å². The molecular weight excluding hydrogens is 136 g/mol. The molecule has 2 heteroatoms. The first-order chi connectivity index (χ1) is 3.93.